The van der Waals surface area contributed by atoms with Gasteiger partial charge in [-0.25, -0.2) is 0 Å². The summed E-state index contributed by atoms with van der Waals surface area (Å²) in [6.07, 6.45) is 4.08. The summed E-state index contributed by atoms with van der Waals surface area (Å²) in [6.45, 7) is 7.29. The number of aryl methyl sites for hydroxylation is 1. The van der Waals surface area contributed by atoms with E-state index in [1.807, 2.05) is 25.1 Å². The van der Waals surface area contributed by atoms with Gasteiger partial charge < -0.3 is 15.3 Å². The summed E-state index contributed by atoms with van der Waals surface area (Å²) in [4.78, 5) is 2.52. The van der Waals surface area contributed by atoms with Crippen LogP contribution in [-0.2, 0) is 6.54 Å². The van der Waals surface area contributed by atoms with Crippen molar-refractivity contribution in [1.29, 1.82) is 0 Å². The van der Waals surface area contributed by atoms with Crippen molar-refractivity contribution in [2.45, 2.75) is 32.7 Å². The van der Waals surface area contributed by atoms with Gasteiger partial charge in [0.25, 0.3) is 0 Å². The molecule has 0 aromatic heterocycles. The second kappa shape index (κ2) is 6.76. The molecule has 0 aliphatic carbocycles. The Kier molecular flexibility index (Phi) is 5.02. The number of nitrogens with zero attached hydrogens (tertiary/aromatic N) is 1. The van der Waals surface area contributed by atoms with Gasteiger partial charge in [0.15, 0.2) is 0 Å². The molecular weight excluding hydrogens is 224 g/mol. The minimum atomic E-state index is 0.433. The fraction of sp³-hybridized carbons (Fsp3) is 0.600. The first-order chi connectivity index (χ1) is 8.77. The molecule has 1 aliphatic rings. The van der Waals surface area contributed by atoms with E-state index in [1.165, 1.54) is 32.4 Å². The Morgan fingerprint density at radius 1 is 1.22 bits per heavy atom. The van der Waals surface area contributed by atoms with E-state index >= 15 is 0 Å². The first kappa shape index (κ1) is 13.4. The molecule has 0 saturated carbocycles. The predicted octanol–water partition coefficient (Wildman–Crippen LogP) is 2.28. The number of nitrogens with one attached hydrogen (secondary N) is 1. The molecule has 0 unspecified atom stereocenters. The molecule has 100 valence electrons. The van der Waals surface area contributed by atoms with Crippen molar-refractivity contribution < 1.29 is 5.11 Å². The SMILES string of the molecule is Cc1cccc(CNCCN2CCCCC2)c1O. The van der Waals surface area contributed by atoms with Gasteiger partial charge in [0, 0.05) is 25.2 Å². The standard InChI is InChI=1S/C15H24N2O/c1-13-6-5-7-14(15(13)18)12-16-8-11-17-9-3-2-4-10-17/h5-7,16,18H,2-4,8-12H2,1H3. The topological polar surface area (TPSA) is 35.5 Å². The van der Waals surface area contributed by atoms with Gasteiger partial charge in [0.1, 0.15) is 5.75 Å². The Labute approximate surface area is 110 Å². The van der Waals surface area contributed by atoms with Gasteiger partial charge >= 0.3 is 0 Å². The molecule has 1 aromatic carbocycles. The molecule has 18 heavy (non-hydrogen) atoms. The van der Waals surface area contributed by atoms with E-state index in [1.54, 1.807) is 0 Å². The summed E-state index contributed by atoms with van der Waals surface area (Å²) in [5.41, 5.74) is 1.94. The summed E-state index contributed by atoms with van der Waals surface area (Å²) >= 11 is 0. The minimum Gasteiger partial charge on any atom is -0.507 e. The first-order valence-corrected chi connectivity index (χ1v) is 6.98. The Bertz CT molecular complexity index is 373. The van der Waals surface area contributed by atoms with Crippen molar-refractivity contribution in [2.24, 2.45) is 0 Å². The molecule has 0 bridgehead atoms. The highest BCUT2D eigenvalue weighted by Gasteiger charge is 2.09. The van der Waals surface area contributed by atoms with E-state index in [2.05, 4.69) is 10.2 Å². The predicted molar refractivity (Wildman–Crippen MR) is 74.8 cm³/mol. The zero-order valence-electron chi connectivity index (χ0n) is 11.3. The molecule has 0 amide bonds. The van der Waals surface area contributed by atoms with Gasteiger partial charge in [0.2, 0.25) is 0 Å². The Morgan fingerprint density at radius 2 is 2.00 bits per heavy atom. The molecule has 3 nitrogen and oxygen atoms in total. The summed E-state index contributed by atoms with van der Waals surface area (Å²) in [7, 11) is 0. The van der Waals surface area contributed by atoms with E-state index in [9.17, 15) is 5.11 Å². The second-order valence-electron chi connectivity index (χ2n) is 5.16. The van der Waals surface area contributed by atoms with Crippen LogP contribution in [-0.4, -0.2) is 36.2 Å². The molecule has 1 saturated heterocycles. The van der Waals surface area contributed by atoms with Gasteiger partial charge in [-0.2, -0.15) is 0 Å². The third-order valence-electron chi connectivity index (χ3n) is 3.69. The van der Waals surface area contributed by atoms with Crippen molar-refractivity contribution in [3.8, 4) is 5.75 Å². The third kappa shape index (κ3) is 3.72. The van der Waals surface area contributed by atoms with Crippen LogP contribution in [0.1, 0.15) is 30.4 Å². The Morgan fingerprint density at radius 3 is 2.78 bits per heavy atom. The molecule has 1 heterocycles. The molecule has 0 radical (unpaired) electrons. The fourth-order valence-corrected chi connectivity index (χ4v) is 2.51. The van der Waals surface area contributed by atoms with Crippen LogP contribution in [0.25, 0.3) is 0 Å². The van der Waals surface area contributed by atoms with Gasteiger partial charge in [-0.1, -0.05) is 24.6 Å². The lowest BCUT2D eigenvalue weighted by Crippen LogP contribution is -2.35. The highest BCUT2D eigenvalue weighted by molar-refractivity contribution is 5.39. The van der Waals surface area contributed by atoms with Crippen LogP contribution in [0.5, 0.6) is 5.75 Å². The molecule has 0 atom stereocenters. The maximum Gasteiger partial charge on any atom is 0.122 e. The number of phenols is 1. The van der Waals surface area contributed by atoms with Crippen molar-refractivity contribution in [1.82, 2.24) is 10.2 Å². The molecule has 2 N–H and O–H groups in total. The largest absolute Gasteiger partial charge is 0.507 e. The smallest absolute Gasteiger partial charge is 0.122 e. The van der Waals surface area contributed by atoms with E-state index in [4.69, 9.17) is 0 Å². The number of likely N-dealkylation sites (tertiary alicyclic amines) is 1. The van der Waals surface area contributed by atoms with E-state index in [0.717, 1.165) is 30.8 Å². The molecule has 0 spiro atoms. The second-order valence-corrected chi connectivity index (χ2v) is 5.16. The third-order valence-corrected chi connectivity index (χ3v) is 3.69. The average Bonchev–Trinajstić information content (AvgIpc) is 2.40. The highest BCUT2D eigenvalue weighted by Crippen LogP contribution is 2.20. The van der Waals surface area contributed by atoms with Gasteiger partial charge in [-0.3, -0.25) is 0 Å². The maximum absolute atomic E-state index is 9.90. The van der Waals surface area contributed by atoms with Gasteiger partial charge in [-0.15, -0.1) is 0 Å². The zero-order chi connectivity index (χ0) is 12.8. The van der Waals surface area contributed by atoms with E-state index in [0.29, 0.717) is 5.75 Å². The molecule has 3 heteroatoms. The molecule has 2 rings (SSSR count). The van der Waals surface area contributed by atoms with Crippen molar-refractivity contribution in [2.75, 3.05) is 26.2 Å². The fourth-order valence-electron chi connectivity index (χ4n) is 2.51. The highest BCUT2D eigenvalue weighted by atomic mass is 16.3. The van der Waals surface area contributed by atoms with Crippen molar-refractivity contribution in [3.05, 3.63) is 29.3 Å². The molecule has 1 aromatic rings. The molecular formula is C15H24N2O. The number of aromatic hydroxyl groups is 1. The van der Waals surface area contributed by atoms with Gasteiger partial charge in [-0.05, 0) is 38.4 Å². The lowest BCUT2D eigenvalue weighted by Gasteiger charge is -2.26. The van der Waals surface area contributed by atoms with Gasteiger partial charge in [0.05, 0.1) is 0 Å². The monoisotopic (exact) mass is 248 g/mol. The Hall–Kier alpha value is -1.06. The number of hydrogen-bond acceptors (Lipinski definition) is 3. The normalized spacial score (nSPS) is 16.9. The number of phenolic OH excluding ortho intramolecular Hbond substituents is 1. The number of hydrogen-bond donors (Lipinski definition) is 2. The molecule has 1 fully saturated rings. The van der Waals surface area contributed by atoms with E-state index < -0.39 is 0 Å². The van der Waals surface area contributed by atoms with Crippen molar-refractivity contribution in [3.63, 3.8) is 0 Å². The minimum absolute atomic E-state index is 0.433. The quantitative estimate of drug-likeness (QED) is 0.785. The summed E-state index contributed by atoms with van der Waals surface area (Å²) in [6, 6.07) is 5.92. The lowest BCUT2D eigenvalue weighted by molar-refractivity contribution is 0.229. The van der Waals surface area contributed by atoms with Crippen LogP contribution in [0.15, 0.2) is 18.2 Å². The number of benzene rings is 1. The van der Waals surface area contributed by atoms with Crippen molar-refractivity contribution >= 4 is 0 Å². The van der Waals surface area contributed by atoms with Crippen LogP contribution >= 0.6 is 0 Å². The van der Waals surface area contributed by atoms with Crippen LogP contribution < -0.4 is 5.32 Å². The number of para-hydroxylation sites is 1. The number of rotatable bonds is 5. The zero-order valence-corrected chi connectivity index (χ0v) is 11.3. The Balaban J connectivity index is 1.70. The summed E-state index contributed by atoms with van der Waals surface area (Å²) in [5.74, 6) is 0.433. The maximum atomic E-state index is 9.90. The first-order valence-electron chi connectivity index (χ1n) is 6.98. The van der Waals surface area contributed by atoms with Crippen LogP contribution in [0.2, 0.25) is 0 Å². The van der Waals surface area contributed by atoms with Crippen LogP contribution in [0, 0.1) is 6.92 Å². The van der Waals surface area contributed by atoms with Crippen LogP contribution in [0.4, 0.5) is 0 Å². The number of piperidine rings is 1. The summed E-state index contributed by atoms with van der Waals surface area (Å²) < 4.78 is 0. The molecule has 1 aliphatic heterocycles. The summed E-state index contributed by atoms with van der Waals surface area (Å²) in [5, 5.41) is 13.3. The average molecular weight is 248 g/mol. The van der Waals surface area contributed by atoms with Crippen LogP contribution in [0.3, 0.4) is 0 Å². The lowest BCUT2D eigenvalue weighted by atomic mass is 10.1. The van der Waals surface area contributed by atoms with E-state index in [-0.39, 0.29) is 0 Å².